The van der Waals surface area contributed by atoms with Gasteiger partial charge in [-0.25, -0.2) is 0 Å². The number of benzene rings is 3. The van der Waals surface area contributed by atoms with Crippen LogP contribution in [0.2, 0.25) is 0 Å². The molecule has 1 fully saturated rings. The van der Waals surface area contributed by atoms with Crippen LogP contribution in [-0.2, 0) is 9.59 Å². The monoisotopic (exact) mass is 461 g/mol. The van der Waals surface area contributed by atoms with Gasteiger partial charge in [0.25, 0.3) is 11.7 Å². The van der Waals surface area contributed by atoms with Crippen molar-refractivity contribution in [3.63, 3.8) is 0 Å². The minimum absolute atomic E-state index is 0.0246. The minimum Gasteiger partial charge on any atom is -0.508 e. The molecule has 0 aromatic heterocycles. The van der Waals surface area contributed by atoms with E-state index in [-0.39, 0.29) is 28.4 Å². The lowest BCUT2D eigenvalue weighted by Gasteiger charge is -2.26. The molecule has 1 saturated heterocycles. The fourth-order valence-electron chi connectivity index (χ4n) is 4.03. The van der Waals surface area contributed by atoms with Crippen molar-refractivity contribution in [2.24, 2.45) is 0 Å². The number of Topliss-reactive ketones (excluding diaryl/α,β-unsaturated/α-hetero) is 1. The largest absolute Gasteiger partial charge is 0.508 e. The van der Waals surface area contributed by atoms with Crippen molar-refractivity contribution in [1.82, 2.24) is 0 Å². The molecule has 0 aliphatic carbocycles. The number of nitrogens with zero attached hydrogens (tertiary/aromatic N) is 1. The molecule has 0 spiro atoms. The number of aromatic hydroxyl groups is 1. The molecule has 1 unspecified atom stereocenters. The summed E-state index contributed by atoms with van der Waals surface area (Å²) >= 11 is 0. The zero-order valence-electron chi connectivity index (χ0n) is 18.8. The Balaban J connectivity index is 1.98. The fourth-order valence-corrected chi connectivity index (χ4v) is 4.03. The van der Waals surface area contributed by atoms with Gasteiger partial charge in [0.2, 0.25) is 0 Å². The Hall–Kier alpha value is -4.46. The number of aliphatic hydroxyl groups excluding tert-OH is 1. The van der Waals surface area contributed by atoms with E-state index in [4.69, 9.17) is 14.2 Å². The second-order valence-corrected chi connectivity index (χ2v) is 7.50. The van der Waals surface area contributed by atoms with Crippen molar-refractivity contribution in [3.05, 3.63) is 83.4 Å². The number of amides is 1. The zero-order valence-corrected chi connectivity index (χ0v) is 18.8. The number of phenolic OH excluding ortho intramolecular Hbond substituents is 1. The van der Waals surface area contributed by atoms with Crippen molar-refractivity contribution < 1.29 is 34.0 Å². The summed E-state index contributed by atoms with van der Waals surface area (Å²) in [5.74, 6) is -0.939. The maximum atomic E-state index is 13.3. The molecule has 4 rings (SSSR count). The van der Waals surface area contributed by atoms with Crippen LogP contribution in [0.5, 0.6) is 23.0 Å². The summed E-state index contributed by atoms with van der Waals surface area (Å²) in [6.45, 7) is 0. The standard InChI is InChI=1S/C26H23NO7/c1-32-18-13-9-16(10-14-18)27-23(15-7-11-17(28)12-8-15)22(25(30)26(27)31)24(29)21-19(33-2)5-4-6-20(21)34-3/h4-14,23,28-29H,1-3H3/b24-22+. The molecule has 174 valence electrons. The second-order valence-electron chi connectivity index (χ2n) is 7.50. The number of methoxy groups -OCH3 is 3. The van der Waals surface area contributed by atoms with Crippen LogP contribution in [0, 0.1) is 0 Å². The van der Waals surface area contributed by atoms with Crippen LogP contribution in [0.1, 0.15) is 17.2 Å². The van der Waals surface area contributed by atoms with E-state index >= 15 is 0 Å². The molecular formula is C26H23NO7. The number of phenols is 1. The average molecular weight is 461 g/mol. The SMILES string of the molecule is COc1ccc(N2C(=O)C(=O)/C(=C(/O)c3c(OC)cccc3OC)C2c2ccc(O)cc2)cc1. The lowest BCUT2D eigenvalue weighted by atomic mass is 9.94. The lowest BCUT2D eigenvalue weighted by molar-refractivity contribution is -0.132. The van der Waals surface area contributed by atoms with Gasteiger partial charge in [-0.15, -0.1) is 0 Å². The number of aliphatic hydroxyl groups is 1. The quantitative estimate of drug-likeness (QED) is 0.324. The zero-order chi connectivity index (χ0) is 24.4. The Labute approximate surface area is 196 Å². The number of hydrogen-bond acceptors (Lipinski definition) is 7. The van der Waals surface area contributed by atoms with E-state index < -0.39 is 23.5 Å². The first-order valence-corrected chi connectivity index (χ1v) is 10.4. The first-order chi connectivity index (χ1) is 16.4. The van der Waals surface area contributed by atoms with Crippen molar-refractivity contribution in [2.45, 2.75) is 6.04 Å². The van der Waals surface area contributed by atoms with E-state index in [0.29, 0.717) is 17.0 Å². The number of rotatable bonds is 6. The predicted octanol–water partition coefficient (Wildman–Crippen LogP) is 4.04. The molecule has 34 heavy (non-hydrogen) atoms. The van der Waals surface area contributed by atoms with Gasteiger partial charge in [0.05, 0.1) is 32.9 Å². The molecule has 8 nitrogen and oxygen atoms in total. The lowest BCUT2D eigenvalue weighted by Crippen LogP contribution is -2.29. The average Bonchev–Trinajstić information content (AvgIpc) is 3.13. The van der Waals surface area contributed by atoms with Crippen LogP contribution in [0.4, 0.5) is 5.69 Å². The number of carbonyl (C=O) groups excluding carboxylic acids is 2. The molecule has 1 aliphatic heterocycles. The van der Waals surface area contributed by atoms with Crippen LogP contribution in [0.3, 0.4) is 0 Å². The molecule has 1 atom stereocenters. The number of carbonyl (C=O) groups is 2. The van der Waals surface area contributed by atoms with Crippen molar-refractivity contribution in [3.8, 4) is 23.0 Å². The van der Waals surface area contributed by atoms with Gasteiger partial charge in [-0.1, -0.05) is 18.2 Å². The van der Waals surface area contributed by atoms with Crippen molar-refractivity contribution in [1.29, 1.82) is 0 Å². The number of ketones is 1. The van der Waals surface area contributed by atoms with Crippen LogP contribution in [0.15, 0.2) is 72.3 Å². The highest BCUT2D eigenvalue weighted by atomic mass is 16.5. The summed E-state index contributed by atoms with van der Waals surface area (Å²) in [6.07, 6.45) is 0. The Morgan fingerprint density at radius 2 is 1.41 bits per heavy atom. The van der Waals surface area contributed by atoms with E-state index in [9.17, 15) is 19.8 Å². The van der Waals surface area contributed by atoms with Gasteiger partial charge in [0.15, 0.2) is 0 Å². The third-order valence-electron chi connectivity index (χ3n) is 5.67. The molecule has 1 amide bonds. The smallest absolute Gasteiger partial charge is 0.300 e. The van der Waals surface area contributed by atoms with Gasteiger partial charge >= 0.3 is 0 Å². The van der Waals surface area contributed by atoms with Crippen LogP contribution < -0.4 is 19.1 Å². The molecule has 2 N–H and O–H groups in total. The van der Waals surface area contributed by atoms with Crippen LogP contribution in [-0.4, -0.2) is 43.2 Å². The van der Waals surface area contributed by atoms with Crippen molar-refractivity contribution >= 4 is 23.1 Å². The molecule has 3 aromatic rings. The van der Waals surface area contributed by atoms with Gasteiger partial charge < -0.3 is 24.4 Å². The molecule has 1 aliphatic rings. The maximum Gasteiger partial charge on any atom is 0.300 e. The Morgan fingerprint density at radius 1 is 0.824 bits per heavy atom. The first-order valence-electron chi connectivity index (χ1n) is 10.4. The number of ether oxygens (including phenoxy) is 3. The Bertz CT molecular complexity index is 1240. The van der Waals surface area contributed by atoms with Gasteiger partial charge in [-0.2, -0.15) is 0 Å². The number of anilines is 1. The molecule has 0 bridgehead atoms. The van der Waals surface area contributed by atoms with Crippen LogP contribution >= 0.6 is 0 Å². The van der Waals surface area contributed by atoms with Gasteiger partial charge in [0, 0.05) is 5.69 Å². The van der Waals surface area contributed by atoms with Crippen molar-refractivity contribution in [2.75, 3.05) is 26.2 Å². The maximum absolute atomic E-state index is 13.3. The Kier molecular flexibility index (Phi) is 6.14. The van der Waals surface area contributed by atoms with E-state index in [2.05, 4.69) is 0 Å². The normalized spacial score (nSPS) is 17.0. The summed E-state index contributed by atoms with van der Waals surface area (Å²) in [4.78, 5) is 27.9. The highest BCUT2D eigenvalue weighted by molar-refractivity contribution is 6.51. The van der Waals surface area contributed by atoms with Gasteiger partial charge in [0.1, 0.15) is 34.3 Å². The minimum atomic E-state index is -0.969. The summed E-state index contributed by atoms with van der Waals surface area (Å²) in [5.41, 5.74) is 0.980. The van der Waals surface area contributed by atoms with Gasteiger partial charge in [-0.05, 0) is 54.1 Å². The molecule has 1 heterocycles. The molecule has 0 radical (unpaired) electrons. The summed E-state index contributed by atoms with van der Waals surface area (Å²) in [7, 11) is 4.39. The highest BCUT2D eigenvalue weighted by Gasteiger charge is 2.47. The van der Waals surface area contributed by atoms with E-state index in [1.54, 1.807) is 54.6 Å². The summed E-state index contributed by atoms with van der Waals surface area (Å²) in [5, 5.41) is 21.2. The third-order valence-corrected chi connectivity index (χ3v) is 5.67. The fraction of sp³-hybridized carbons (Fsp3) is 0.154. The summed E-state index contributed by atoms with van der Waals surface area (Å²) < 4.78 is 16.0. The first kappa shape index (κ1) is 22.7. The molecular weight excluding hydrogens is 438 g/mol. The molecule has 0 saturated carbocycles. The number of hydrogen-bond donors (Lipinski definition) is 2. The van der Waals surface area contributed by atoms with Gasteiger partial charge in [-0.3, -0.25) is 14.5 Å². The second kappa shape index (κ2) is 9.19. The summed E-state index contributed by atoms with van der Waals surface area (Å²) in [6, 6.07) is 16.7. The Morgan fingerprint density at radius 3 is 1.94 bits per heavy atom. The van der Waals surface area contributed by atoms with E-state index in [1.807, 2.05) is 0 Å². The van der Waals surface area contributed by atoms with E-state index in [0.717, 1.165) is 0 Å². The predicted molar refractivity (Wildman–Crippen MR) is 125 cm³/mol. The molecule has 8 heteroatoms. The third kappa shape index (κ3) is 3.79. The van der Waals surface area contributed by atoms with E-state index in [1.165, 1.54) is 38.4 Å². The molecule has 3 aromatic carbocycles. The van der Waals surface area contributed by atoms with Crippen LogP contribution in [0.25, 0.3) is 5.76 Å². The highest BCUT2D eigenvalue weighted by Crippen LogP contribution is 2.45. The topological polar surface area (TPSA) is 106 Å².